The molecule has 2 N–H and O–H groups in total. The molecule has 0 fully saturated rings. The number of nitrogens with two attached hydrogens (primary N) is 1. The van der Waals surface area contributed by atoms with Crippen molar-refractivity contribution in [3.63, 3.8) is 0 Å². The summed E-state index contributed by atoms with van der Waals surface area (Å²) in [5.74, 6) is -0.553. The largest absolute Gasteiger partial charge is 0.366 e. The first-order chi connectivity index (χ1) is 12.1. The van der Waals surface area contributed by atoms with Gasteiger partial charge in [0.2, 0.25) is 5.91 Å². The minimum atomic E-state index is -0.467. The van der Waals surface area contributed by atoms with Crippen LogP contribution < -0.4 is 10.6 Å². The Morgan fingerprint density at radius 1 is 1.16 bits per heavy atom. The minimum Gasteiger partial charge on any atom is -0.366 e. The molecule has 4 rings (SSSR count). The van der Waals surface area contributed by atoms with Gasteiger partial charge in [0.25, 0.3) is 5.91 Å². The predicted molar refractivity (Wildman–Crippen MR) is 98.4 cm³/mol. The molecule has 2 aromatic carbocycles. The van der Waals surface area contributed by atoms with Crippen molar-refractivity contribution in [2.75, 3.05) is 4.90 Å². The lowest BCUT2D eigenvalue weighted by molar-refractivity contribution is -0.114. The van der Waals surface area contributed by atoms with Gasteiger partial charge in [-0.05, 0) is 41.3 Å². The van der Waals surface area contributed by atoms with E-state index >= 15 is 0 Å². The van der Waals surface area contributed by atoms with Gasteiger partial charge >= 0.3 is 0 Å². The Morgan fingerprint density at radius 2 is 1.96 bits per heavy atom. The number of fused-ring (bicyclic) bond motifs is 2. The second-order valence-corrected chi connectivity index (χ2v) is 6.37. The van der Waals surface area contributed by atoms with E-state index in [9.17, 15) is 9.59 Å². The fourth-order valence-corrected chi connectivity index (χ4v) is 4.01. The molecule has 1 aliphatic carbocycles. The third-order valence-electron chi connectivity index (χ3n) is 5.09. The molecule has 2 aromatic rings. The molecular weight excluding hydrogens is 312 g/mol. The van der Waals surface area contributed by atoms with Gasteiger partial charge in [0.05, 0.1) is 6.04 Å². The van der Waals surface area contributed by atoms with Crippen molar-refractivity contribution in [3.8, 4) is 0 Å². The van der Waals surface area contributed by atoms with E-state index in [0.717, 1.165) is 11.3 Å². The summed E-state index contributed by atoms with van der Waals surface area (Å²) in [6.07, 6.45) is 6.14. The molecule has 0 saturated carbocycles. The second kappa shape index (κ2) is 5.74. The van der Waals surface area contributed by atoms with Crippen molar-refractivity contribution in [2.45, 2.75) is 18.4 Å². The van der Waals surface area contributed by atoms with Crippen LogP contribution in [0.15, 0.2) is 61.2 Å². The average molecular weight is 330 g/mol. The zero-order chi connectivity index (χ0) is 17.6. The van der Waals surface area contributed by atoms with Crippen LogP contribution in [0.25, 0.3) is 6.08 Å². The number of carbonyl (C=O) groups excluding carboxylic acids is 2. The molecule has 4 nitrogen and oxygen atoms in total. The van der Waals surface area contributed by atoms with E-state index in [1.54, 1.807) is 17.0 Å². The fourth-order valence-electron chi connectivity index (χ4n) is 4.01. The Hall–Kier alpha value is -3.14. The van der Waals surface area contributed by atoms with E-state index in [1.807, 2.05) is 18.2 Å². The SMILES string of the molecule is C=CC(=O)N1c2cccc(C(N)=O)c2CC1C1C=Cc2ccccc21. The highest BCUT2D eigenvalue weighted by atomic mass is 16.2. The first-order valence-corrected chi connectivity index (χ1v) is 8.26. The Labute approximate surface area is 146 Å². The van der Waals surface area contributed by atoms with E-state index in [4.69, 9.17) is 5.73 Å². The van der Waals surface area contributed by atoms with Crippen molar-refractivity contribution in [1.29, 1.82) is 0 Å². The van der Waals surface area contributed by atoms with Gasteiger partial charge in [-0.3, -0.25) is 9.59 Å². The summed E-state index contributed by atoms with van der Waals surface area (Å²) in [7, 11) is 0. The smallest absolute Gasteiger partial charge is 0.250 e. The summed E-state index contributed by atoms with van der Waals surface area (Å²) in [5.41, 5.74) is 9.99. The Bertz CT molecular complexity index is 929. The first kappa shape index (κ1) is 15.4. The number of hydrogen-bond acceptors (Lipinski definition) is 2. The lowest BCUT2D eigenvalue weighted by Crippen LogP contribution is -2.39. The topological polar surface area (TPSA) is 63.4 Å². The number of benzene rings is 2. The molecule has 1 heterocycles. The molecule has 0 spiro atoms. The number of nitrogens with zero attached hydrogens (tertiary/aromatic N) is 1. The molecule has 0 aromatic heterocycles. The second-order valence-electron chi connectivity index (χ2n) is 6.37. The van der Waals surface area contributed by atoms with Crippen LogP contribution in [0.1, 0.15) is 33.0 Å². The Morgan fingerprint density at radius 3 is 2.72 bits per heavy atom. The maximum Gasteiger partial charge on any atom is 0.250 e. The molecule has 2 unspecified atom stereocenters. The van der Waals surface area contributed by atoms with E-state index < -0.39 is 5.91 Å². The zero-order valence-corrected chi connectivity index (χ0v) is 13.7. The molecule has 2 atom stereocenters. The van der Waals surface area contributed by atoms with Gasteiger partial charge in [-0.15, -0.1) is 0 Å². The van der Waals surface area contributed by atoms with Gasteiger partial charge in [-0.1, -0.05) is 49.1 Å². The zero-order valence-electron chi connectivity index (χ0n) is 13.7. The molecule has 0 saturated heterocycles. The molecule has 25 heavy (non-hydrogen) atoms. The highest BCUT2D eigenvalue weighted by molar-refractivity contribution is 6.06. The summed E-state index contributed by atoms with van der Waals surface area (Å²) >= 11 is 0. The summed E-state index contributed by atoms with van der Waals surface area (Å²) in [4.78, 5) is 26.2. The van der Waals surface area contributed by atoms with Crippen LogP contribution in [0, 0.1) is 0 Å². The van der Waals surface area contributed by atoms with Crippen LogP contribution in [-0.2, 0) is 11.2 Å². The number of hydrogen-bond donors (Lipinski definition) is 1. The normalized spacial score (nSPS) is 20.2. The standard InChI is InChI=1S/C21H18N2O2/c1-2-20(24)23-18-9-5-8-16(21(22)25)17(18)12-19(23)15-11-10-13-6-3-4-7-14(13)15/h2-11,15,19H,1,12H2,(H2,22,25). The summed E-state index contributed by atoms with van der Waals surface area (Å²) < 4.78 is 0. The monoisotopic (exact) mass is 330 g/mol. The summed E-state index contributed by atoms with van der Waals surface area (Å²) in [5, 5.41) is 0. The van der Waals surface area contributed by atoms with E-state index in [-0.39, 0.29) is 17.9 Å². The third kappa shape index (κ3) is 2.30. The van der Waals surface area contributed by atoms with Crippen LogP contribution >= 0.6 is 0 Å². The van der Waals surface area contributed by atoms with Gasteiger partial charge in [0.1, 0.15) is 0 Å². The molecule has 124 valence electrons. The van der Waals surface area contributed by atoms with Gasteiger partial charge in [-0.25, -0.2) is 0 Å². The minimum absolute atomic E-state index is 0.0771. The number of primary amides is 1. The van der Waals surface area contributed by atoms with Crippen LogP contribution in [0.4, 0.5) is 5.69 Å². The van der Waals surface area contributed by atoms with Gasteiger partial charge in [0, 0.05) is 17.2 Å². The maximum atomic E-state index is 12.6. The van der Waals surface area contributed by atoms with Crippen molar-refractivity contribution in [3.05, 3.63) is 83.4 Å². The van der Waals surface area contributed by atoms with Crippen molar-refractivity contribution in [1.82, 2.24) is 0 Å². The first-order valence-electron chi connectivity index (χ1n) is 8.26. The number of carbonyl (C=O) groups is 2. The van der Waals surface area contributed by atoms with Crippen molar-refractivity contribution in [2.24, 2.45) is 5.73 Å². The van der Waals surface area contributed by atoms with E-state index in [1.165, 1.54) is 17.2 Å². The average Bonchev–Trinajstić information content (AvgIpc) is 3.21. The van der Waals surface area contributed by atoms with Crippen molar-refractivity contribution >= 4 is 23.6 Å². The predicted octanol–water partition coefficient (Wildman–Crippen LogP) is 3.04. The van der Waals surface area contributed by atoms with Gasteiger partial charge in [0.15, 0.2) is 0 Å². The molecule has 2 amide bonds. The fraction of sp³-hybridized carbons (Fsp3) is 0.143. The molecule has 0 bridgehead atoms. The number of rotatable bonds is 3. The molecular formula is C21H18N2O2. The van der Waals surface area contributed by atoms with Crippen LogP contribution in [-0.4, -0.2) is 17.9 Å². The highest BCUT2D eigenvalue weighted by Gasteiger charge is 2.40. The van der Waals surface area contributed by atoms with Crippen LogP contribution in [0.5, 0.6) is 0 Å². The highest BCUT2D eigenvalue weighted by Crippen LogP contribution is 2.43. The Balaban J connectivity index is 1.83. The van der Waals surface area contributed by atoms with Crippen LogP contribution in [0.2, 0.25) is 0 Å². The van der Waals surface area contributed by atoms with Gasteiger partial charge < -0.3 is 10.6 Å². The third-order valence-corrected chi connectivity index (χ3v) is 5.09. The summed E-state index contributed by atoms with van der Waals surface area (Å²) in [6.45, 7) is 3.64. The van der Waals surface area contributed by atoms with E-state index in [0.29, 0.717) is 12.0 Å². The molecule has 4 heteroatoms. The van der Waals surface area contributed by atoms with Gasteiger partial charge in [-0.2, -0.15) is 0 Å². The lowest BCUT2D eigenvalue weighted by Gasteiger charge is -2.29. The van der Waals surface area contributed by atoms with Crippen LogP contribution in [0.3, 0.4) is 0 Å². The Kier molecular flexibility index (Phi) is 3.53. The lowest BCUT2D eigenvalue weighted by atomic mass is 9.90. The quantitative estimate of drug-likeness (QED) is 0.879. The number of amides is 2. The van der Waals surface area contributed by atoms with Crippen molar-refractivity contribution < 1.29 is 9.59 Å². The molecule has 2 aliphatic rings. The van der Waals surface area contributed by atoms with E-state index in [2.05, 4.69) is 30.9 Å². The molecule has 1 aliphatic heterocycles. The maximum absolute atomic E-state index is 12.6. The number of anilines is 1. The summed E-state index contributed by atoms with van der Waals surface area (Å²) in [6, 6.07) is 13.4. The molecule has 0 radical (unpaired) electrons.